The fraction of sp³-hybridized carbons (Fsp3) is 0.0667. The lowest BCUT2D eigenvalue weighted by molar-refractivity contribution is 0.626. The number of hydrogen-bond acceptors (Lipinski definition) is 2. The van der Waals surface area contributed by atoms with Gasteiger partial charge in [0.25, 0.3) is 0 Å². The molecular weight excluding hydrogens is 426 g/mol. The van der Waals surface area contributed by atoms with Crippen LogP contribution < -0.4 is 0 Å². The minimum Gasteiger partial charge on any atom is -0.249 e. The summed E-state index contributed by atoms with van der Waals surface area (Å²) in [4.78, 5) is 9.92. The summed E-state index contributed by atoms with van der Waals surface area (Å²) in [6, 6.07) is 29.2. The number of hydrogen-bond donors (Lipinski definition) is 0. The van der Waals surface area contributed by atoms with E-state index < -0.39 is 0 Å². The first-order valence-electron chi connectivity index (χ1n) is 11.1. The van der Waals surface area contributed by atoms with Crippen molar-refractivity contribution in [2.75, 3.05) is 0 Å². The molecule has 0 saturated heterocycles. The van der Waals surface area contributed by atoms with E-state index in [2.05, 4.69) is 24.3 Å². The van der Waals surface area contributed by atoms with Crippen LogP contribution in [0.4, 0.5) is 8.78 Å². The Hall–Kier alpha value is -4.18. The molecule has 0 aliphatic carbocycles. The third-order valence-corrected chi connectivity index (χ3v) is 5.90. The van der Waals surface area contributed by atoms with Crippen LogP contribution in [0.5, 0.6) is 0 Å². The molecular formula is C30H22F2N2. The molecule has 1 aromatic heterocycles. The van der Waals surface area contributed by atoms with E-state index in [1.54, 1.807) is 18.2 Å². The number of halogens is 2. The van der Waals surface area contributed by atoms with Gasteiger partial charge in [-0.05, 0) is 73.0 Å². The molecule has 0 radical (unpaired) electrons. The highest BCUT2D eigenvalue weighted by molar-refractivity contribution is 5.82. The number of benzene rings is 4. The summed E-state index contributed by atoms with van der Waals surface area (Å²) in [7, 11) is 0. The van der Waals surface area contributed by atoms with Gasteiger partial charge >= 0.3 is 0 Å². The van der Waals surface area contributed by atoms with Crippen molar-refractivity contribution in [1.82, 2.24) is 9.97 Å². The fourth-order valence-corrected chi connectivity index (χ4v) is 4.13. The van der Waals surface area contributed by atoms with Crippen LogP contribution in [0, 0.1) is 25.5 Å². The predicted octanol–water partition coefficient (Wildman–Crippen LogP) is 8.04. The van der Waals surface area contributed by atoms with Crippen molar-refractivity contribution in [1.29, 1.82) is 0 Å². The lowest BCUT2D eigenvalue weighted by atomic mass is 9.98. The summed E-state index contributed by atoms with van der Waals surface area (Å²) in [5.41, 5.74) is 8.29. The lowest BCUT2D eigenvalue weighted by Gasteiger charge is -2.15. The van der Waals surface area contributed by atoms with Crippen LogP contribution in [0.1, 0.15) is 11.3 Å². The average Bonchev–Trinajstić information content (AvgIpc) is 2.85. The van der Waals surface area contributed by atoms with Gasteiger partial charge in [0.05, 0.1) is 22.8 Å². The van der Waals surface area contributed by atoms with Gasteiger partial charge in [-0.1, -0.05) is 54.6 Å². The molecule has 5 aromatic rings. The summed E-state index contributed by atoms with van der Waals surface area (Å²) >= 11 is 0. The van der Waals surface area contributed by atoms with E-state index in [0.717, 1.165) is 44.8 Å². The molecule has 0 aliphatic heterocycles. The van der Waals surface area contributed by atoms with Gasteiger partial charge in [-0.15, -0.1) is 0 Å². The van der Waals surface area contributed by atoms with Crippen LogP contribution in [-0.4, -0.2) is 9.97 Å². The van der Waals surface area contributed by atoms with E-state index in [9.17, 15) is 8.78 Å². The second-order valence-electron chi connectivity index (χ2n) is 8.26. The van der Waals surface area contributed by atoms with Gasteiger partial charge in [-0.2, -0.15) is 0 Å². The van der Waals surface area contributed by atoms with Gasteiger partial charge in [0.2, 0.25) is 0 Å². The van der Waals surface area contributed by atoms with Crippen LogP contribution in [0.2, 0.25) is 0 Å². The van der Waals surface area contributed by atoms with E-state index in [1.807, 2.05) is 44.2 Å². The summed E-state index contributed by atoms with van der Waals surface area (Å²) in [5.74, 6) is -0.621. The van der Waals surface area contributed by atoms with Gasteiger partial charge in [0.1, 0.15) is 11.6 Å². The highest BCUT2D eigenvalue weighted by Crippen LogP contribution is 2.35. The molecule has 0 spiro atoms. The van der Waals surface area contributed by atoms with Crippen molar-refractivity contribution in [2.24, 2.45) is 0 Å². The van der Waals surface area contributed by atoms with Crippen LogP contribution in [0.3, 0.4) is 0 Å². The smallest absolute Gasteiger partial charge is 0.123 e. The zero-order valence-electron chi connectivity index (χ0n) is 18.9. The minimum absolute atomic E-state index is 0.301. The molecule has 0 fully saturated rings. The highest BCUT2D eigenvalue weighted by atomic mass is 19.1. The van der Waals surface area contributed by atoms with Gasteiger partial charge < -0.3 is 0 Å². The molecule has 5 rings (SSSR count). The summed E-state index contributed by atoms with van der Waals surface area (Å²) in [5, 5.41) is 0. The average molecular weight is 449 g/mol. The summed E-state index contributed by atoms with van der Waals surface area (Å²) in [6.07, 6.45) is 0. The van der Waals surface area contributed by atoms with Crippen LogP contribution in [0.25, 0.3) is 44.9 Å². The highest BCUT2D eigenvalue weighted by Gasteiger charge is 2.18. The van der Waals surface area contributed by atoms with Crippen molar-refractivity contribution in [3.8, 4) is 44.9 Å². The largest absolute Gasteiger partial charge is 0.249 e. The first-order valence-corrected chi connectivity index (χ1v) is 11.1. The monoisotopic (exact) mass is 448 g/mol. The molecule has 0 bridgehead atoms. The molecule has 0 atom stereocenters. The SMILES string of the molecule is Cc1cc(F)ccc1-c1nc(C)c(-c2ccc(-c3ccccc3)cc2)nc1-c1ccc(F)cc1. The van der Waals surface area contributed by atoms with Crippen LogP contribution >= 0.6 is 0 Å². The molecule has 1 heterocycles. The van der Waals surface area contributed by atoms with E-state index >= 15 is 0 Å². The molecule has 4 heteroatoms. The number of aryl methyl sites for hydroxylation is 2. The Morgan fingerprint density at radius 3 is 1.74 bits per heavy atom. The Morgan fingerprint density at radius 2 is 1.06 bits per heavy atom. The third-order valence-electron chi connectivity index (χ3n) is 5.90. The molecule has 0 amide bonds. The maximum absolute atomic E-state index is 13.8. The minimum atomic E-state index is -0.319. The Kier molecular flexibility index (Phi) is 5.72. The topological polar surface area (TPSA) is 25.8 Å². The van der Waals surface area contributed by atoms with E-state index in [-0.39, 0.29) is 11.6 Å². The quantitative estimate of drug-likeness (QED) is 0.278. The second kappa shape index (κ2) is 8.99. The molecule has 0 aliphatic rings. The maximum Gasteiger partial charge on any atom is 0.123 e. The Morgan fingerprint density at radius 1 is 0.500 bits per heavy atom. The van der Waals surface area contributed by atoms with E-state index in [0.29, 0.717) is 11.4 Å². The van der Waals surface area contributed by atoms with E-state index in [4.69, 9.17) is 9.97 Å². The zero-order valence-corrected chi connectivity index (χ0v) is 18.9. The molecule has 0 unspecified atom stereocenters. The standard InChI is InChI=1S/C30H22F2N2/c1-19-18-26(32)16-17-27(19)30-29(24-12-14-25(31)15-13-24)34-28(20(2)33-30)23-10-8-22(9-11-23)21-6-4-3-5-7-21/h3-18H,1-2H3. The van der Waals surface area contributed by atoms with Crippen molar-refractivity contribution >= 4 is 0 Å². The fourth-order valence-electron chi connectivity index (χ4n) is 4.13. The summed E-state index contributed by atoms with van der Waals surface area (Å²) in [6.45, 7) is 3.77. The van der Waals surface area contributed by atoms with Crippen molar-refractivity contribution in [3.63, 3.8) is 0 Å². The first-order chi connectivity index (χ1) is 16.5. The van der Waals surface area contributed by atoms with Gasteiger partial charge in [-0.25, -0.2) is 18.7 Å². The molecule has 34 heavy (non-hydrogen) atoms. The maximum atomic E-state index is 13.8. The number of nitrogens with zero attached hydrogens (tertiary/aromatic N) is 2. The van der Waals surface area contributed by atoms with Crippen molar-refractivity contribution in [3.05, 3.63) is 120 Å². The van der Waals surface area contributed by atoms with Gasteiger partial charge in [-0.3, -0.25) is 0 Å². The molecule has 166 valence electrons. The zero-order chi connectivity index (χ0) is 23.7. The number of aromatic nitrogens is 2. The first kappa shape index (κ1) is 21.7. The Bertz CT molecular complexity index is 1460. The normalized spacial score (nSPS) is 10.9. The Labute approximate surface area is 197 Å². The van der Waals surface area contributed by atoms with Gasteiger partial charge in [0, 0.05) is 16.7 Å². The van der Waals surface area contributed by atoms with Gasteiger partial charge in [0.15, 0.2) is 0 Å². The number of rotatable bonds is 4. The third kappa shape index (κ3) is 4.23. The van der Waals surface area contributed by atoms with Crippen LogP contribution in [-0.2, 0) is 0 Å². The molecule has 0 N–H and O–H groups in total. The van der Waals surface area contributed by atoms with Crippen LogP contribution in [0.15, 0.2) is 97.1 Å². The van der Waals surface area contributed by atoms with Crippen molar-refractivity contribution < 1.29 is 8.78 Å². The second-order valence-corrected chi connectivity index (χ2v) is 8.26. The predicted molar refractivity (Wildman–Crippen MR) is 133 cm³/mol. The lowest BCUT2D eigenvalue weighted by Crippen LogP contribution is -2.01. The Balaban J connectivity index is 1.66. The van der Waals surface area contributed by atoms with E-state index in [1.165, 1.54) is 24.3 Å². The molecule has 4 aromatic carbocycles. The molecule has 2 nitrogen and oxygen atoms in total. The molecule has 0 saturated carbocycles. The van der Waals surface area contributed by atoms with Crippen molar-refractivity contribution in [2.45, 2.75) is 13.8 Å². The summed E-state index contributed by atoms with van der Waals surface area (Å²) < 4.78 is 27.4.